The first-order valence-corrected chi connectivity index (χ1v) is 3.50. The van der Waals surface area contributed by atoms with Crippen LogP contribution in [0.3, 0.4) is 0 Å². The topological polar surface area (TPSA) is 33.1 Å². The molecule has 0 saturated carbocycles. The molecule has 0 amide bonds. The Morgan fingerprint density at radius 2 is 2.70 bits per heavy atom. The third-order valence-electron chi connectivity index (χ3n) is 1.07. The molecule has 1 atom stereocenters. The number of halogens is 1. The van der Waals surface area contributed by atoms with Crippen molar-refractivity contribution in [1.29, 1.82) is 0 Å². The van der Waals surface area contributed by atoms with Crippen LogP contribution in [0.1, 0.15) is 22.6 Å². The summed E-state index contributed by atoms with van der Waals surface area (Å²) < 4.78 is 21.5. The van der Waals surface area contributed by atoms with Gasteiger partial charge in [0.15, 0.2) is 0 Å². The first-order chi connectivity index (χ1) is 5.91. The zero-order valence-corrected chi connectivity index (χ0v) is 6.67. The van der Waals surface area contributed by atoms with Crippen molar-refractivity contribution in [3.8, 4) is 0 Å². The first-order valence-electron chi connectivity index (χ1n) is 4.21. The zero-order chi connectivity index (χ0) is 10.1. The third kappa shape index (κ3) is 1.78. The minimum Gasteiger partial charge on any atom is -0.389 e. The van der Waals surface area contributed by atoms with Gasteiger partial charge in [-0.05, 0) is 40.5 Å². The molecule has 0 aliphatic heterocycles. The summed E-state index contributed by atoms with van der Waals surface area (Å²) in [6.45, 7) is -2.39. The quantitative estimate of drug-likeness (QED) is 0.710. The van der Waals surface area contributed by atoms with Crippen LogP contribution in [0, 0.1) is 0 Å². The largest absolute Gasteiger partial charge is 0.389 e. The smallest absolute Gasteiger partial charge is 0.106 e. The van der Waals surface area contributed by atoms with Crippen LogP contribution >= 0.6 is 15.9 Å². The lowest BCUT2D eigenvalue weighted by Crippen LogP contribution is -1.90. The molecule has 0 aliphatic carbocycles. The van der Waals surface area contributed by atoms with Gasteiger partial charge in [-0.3, -0.25) is 0 Å². The van der Waals surface area contributed by atoms with Crippen LogP contribution < -0.4 is 0 Å². The molecule has 0 saturated heterocycles. The minimum absolute atomic E-state index is 0.335. The molecule has 1 unspecified atom stereocenters. The van der Waals surface area contributed by atoms with E-state index in [1.54, 1.807) is 0 Å². The van der Waals surface area contributed by atoms with E-state index in [1.807, 2.05) is 0 Å². The maximum atomic E-state index is 9.37. The van der Waals surface area contributed by atoms with Crippen molar-refractivity contribution in [2.75, 3.05) is 0 Å². The van der Waals surface area contributed by atoms with E-state index >= 15 is 0 Å². The molecule has 3 heteroatoms. The first kappa shape index (κ1) is 4.46. The maximum Gasteiger partial charge on any atom is 0.106 e. The highest BCUT2D eigenvalue weighted by Crippen LogP contribution is 2.14. The summed E-state index contributed by atoms with van der Waals surface area (Å²) in [6, 6.07) is 2.96. The van der Waals surface area contributed by atoms with Crippen LogP contribution in [0.5, 0.6) is 0 Å². The van der Waals surface area contributed by atoms with Crippen molar-refractivity contribution < 1.29 is 9.22 Å². The van der Waals surface area contributed by atoms with E-state index in [1.165, 1.54) is 18.3 Å². The van der Waals surface area contributed by atoms with Crippen molar-refractivity contribution in [2.45, 2.75) is 13.0 Å². The SMILES string of the molecule is [2H]C([2H])([2H])C(O)c1ccnc(Br)c1. The van der Waals surface area contributed by atoms with E-state index in [9.17, 15) is 5.11 Å². The van der Waals surface area contributed by atoms with Gasteiger partial charge >= 0.3 is 0 Å². The lowest BCUT2D eigenvalue weighted by Gasteiger charge is -2.02. The Kier molecular flexibility index (Phi) is 1.39. The summed E-state index contributed by atoms with van der Waals surface area (Å²) in [4.78, 5) is 3.83. The standard InChI is InChI=1S/C7H8BrNO/c1-5(10)6-2-3-9-7(8)4-6/h2-5,10H,1H3/i1D3. The van der Waals surface area contributed by atoms with Crippen LogP contribution in [-0.4, -0.2) is 10.1 Å². The van der Waals surface area contributed by atoms with Gasteiger partial charge in [-0.15, -0.1) is 0 Å². The van der Waals surface area contributed by atoms with E-state index in [0.29, 0.717) is 10.2 Å². The maximum absolute atomic E-state index is 9.37. The molecule has 54 valence electrons. The number of pyridine rings is 1. The molecule has 1 aromatic rings. The van der Waals surface area contributed by atoms with E-state index < -0.39 is 13.0 Å². The third-order valence-corrected chi connectivity index (χ3v) is 1.50. The van der Waals surface area contributed by atoms with Crippen molar-refractivity contribution in [2.24, 2.45) is 0 Å². The van der Waals surface area contributed by atoms with Crippen LogP contribution in [0.4, 0.5) is 0 Å². The average Bonchev–Trinajstić information content (AvgIpc) is 2.01. The zero-order valence-electron chi connectivity index (χ0n) is 8.08. The van der Waals surface area contributed by atoms with Gasteiger partial charge in [0.2, 0.25) is 0 Å². The number of aliphatic hydroxyl groups is 1. The van der Waals surface area contributed by atoms with Crippen LogP contribution in [0.25, 0.3) is 0 Å². The molecule has 1 aromatic heterocycles. The summed E-state index contributed by atoms with van der Waals surface area (Å²) in [5.41, 5.74) is 0.335. The number of hydrogen-bond donors (Lipinski definition) is 1. The monoisotopic (exact) mass is 204 g/mol. The predicted octanol–water partition coefficient (Wildman–Crippen LogP) is 1.90. The van der Waals surface area contributed by atoms with Gasteiger partial charge < -0.3 is 5.11 Å². The van der Waals surface area contributed by atoms with E-state index in [2.05, 4.69) is 20.9 Å². The number of aromatic nitrogens is 1. The number of aliphatic hydroxyl groups excluding tert-OH is 1. The number of rotatable bonds is 1. The minimum atomic E-state index is -2.39. The Balaban J connectivity index is 2.96. The highest BCUT2D eigenvalue weighted by Gasteiger charge is 1.99. The second kappa shape index (κ2) is 3.12. The van der Waals surface area contributed by atoms with E-state index in [0.717, 1.165) is 0 Å². The second-order valence-corrected chi connectivity index (χ2v) is 2.63. The fourth-order valence-electron chi connectivity index (χ4n) is 0.588. The number of hydrogen-bond acceptors (Lipinski definition) is 2. The molecule has 1 heterocycles. The van der Waals surface area contributed by atoms with Gasteiger partial charge in [0.1, 0.15) is 4.60 Å². The average molecular weight is 205 g/mol. The Morgan fingerprint density at radius 3 is 3.30 bits per heavy atom. The van der Waals surface area contributed by atoms with Gasteiger partial charge in [-0.1, -0.05) is 0 Å². The molecule has 1 N–H and O–H groups in total. The molecule has 0 fully saturated rings. The molecule has 2 nitrogen and oxygen atoms in total. The van der Waals surface area contributed by atoms with Crippen LogP contribution in [0.2, 0.25) is 0 Å². The molecule has 0 radical (unpaired) electrons. The predicted molar refractivity (Wildman–Crippen MR) is 42.6 cm³/mol. The van der Waals surface area contributed by atoms with Gasteiger partial charge in [0.05, 0.1) is 6.10 Å². The molecule has 10 heavy (non-hydrogen) atoms. The molecule has 0 spiro atoms. The Labute approximate surface area is 72.3 Å². The molecular formula is C7H8BrNO. The Morgan fingerprint density at radius 1 is 1.90 bits per heavy atom. The molecule has 0 bridgehead atoms. The Bertz CT molecular complexity index is 302. The highest BCUT2D eigenvalue weighted by molar-refractivity contribution is 9.10. The summed E-state index contributed by atoms with van der Waals surface area (Å²) in [5.74, 6) is 0. The molecule has 1 rings (SSSR count). The molecular weight excluding hydrogens is 194 g/mol. The number of nitrogens with zero attached hydrogens (tertiary/aromatic N) is 1. The lowest BCUT2D eigenvalue weighted by molar-refractivity contribution is 0.199. The van der Waals surface area contributed by atoms with Gasteiger partial charge in [-0.2, -0.15) is 0 Å². The summed E-state index contributed by atoms with van der Waals surface area (Å²) in [5, 5.41) is 9.37. The van der Waals surface area contributed by atoms with Crippen LogP contribution in [-0.2, 0) is 0 Å². The molecule has 0 aromatic carbocycles. The van der Waals surface area contributed by atoms with E-state index in [-0.39, 0.29) is 0 Å². The summed E-state index contributed by atoms with van der Waals surface area (Å²) in [7, 11) is 0. The van der Waals surface area contributed by atoms with Crippen molar-refractivity contribution in [3.63, 3.8) is 0 Å². The summed E-state index contributed by atoms with van der Waals surface area (Å²) >= 11 is 3.09. The summed E-state index contributed by atoms with van der Waals surface area (Å²) in [6.07, 6.45) is -0.0132. The second-order valence-electron chi connectivity index (χ2n) is 1.81. The van der Waals surface area contributed by atoms with Crippen molar-refractivity contribution in [1.82, 2.24) is 4.98 Å². The molecule has 0 aliphatic rings. The van der Waals surface area contributed by atoms with Crippen molar-refractivity contribution >= 4 is 15.9 Å². The van der Waals surface area contributed by atoms with Crippen molar-refractivity contribution in [3.05, 3.63) is 28.5 Å². The fraction of sp³-hybridized carbons (Fsp3) is 0.286. The normalized spacial score (nSPS) is 18.8. The van der Waals surface area contributed by atoms with E-state index in [4.69, 9.17) is 4.11 Å². The van der Waals surface area contributed by atoms with Crippen LogP contribution in [0.15, 0.2) is 22.9 Å². The highest BCUT2D eigenvalue weighted by atomic mass is 79.9. The van der Waals surface area contributed by atoms with Gasteiger partial charge in [-0.25, -0.2) is 4.98 Å². The van der Waals surface area contributed by atoms with Gasteiger partial charge in [0, 0.05) is 10.3 Å². The lowest BCUT2D eigenvalue weighted by atomic mass is 10.2. The fourth-order valence-corrected chi connectivity index (χ4v) is 0.970. The Hall–Kier alpha value is -0.410. The van der Waals surface area contributed by atoms with Gasteiger partial charge in [0.25, 0.3) is 0 Å².